The van der Waals surface area contributed by atoms with Crippen LogP contribution in [-0.4, -0.2) is 13.4 Å². The second kappa shape index (κ2) is 6.70. The van der Waals surface area contributed by atoms with Crippen molar-refractivity contribution in [2.24, 2.45) is 5.92 Å². The molecule has 0 unspecified atom stereocenters. The number of aliphatic hydroxyl groups excluding tert-OH is 1. The second-order valence-corrected chi connectivity index (χ2v) is 13.7. The van der Waals surface area contributed by atoms with E-state index in [0.29, 0.717) is 12.5 Å². The van der Waals surface area contributed by atoms with Crippen molar-refractivity contribution in [3.05, 3.63) is 34.4 Å². The maximum absolute atomic E-state index is 10.0. The van der Waals surface area contributed by atoms with Gasteiger partial charge in [0.25, 0.3) is 0 Å². The smallest absolute Gasteiger partial charge is 0.192 e. The van der Waals surface area contributed by atoms with Gasteiger partial charge in [0.15, 0.2) is 8.32 Å². The fraction of sp³-hybridized carbons (Fsp3) is 0.700. The summed E-state index contributed by atoms with van der Waals surface area (Å²) in [6.45, 7) is 16.7. The lowest BCUT2D eigenvalue weighted by Gasteiger charge is -2.37. The van der Waals surface area contributed by atoms with Crippen LogP contribution < -0.4 is 0 Å². The zero-order valence-corrected chi connectivity index (χ0v) is 17.0. The molecule has 0 amide bonds. The van der Waals surface area contributed by atoms with Crippen molar-refractivity contribution in [1.82, 2.24) is 0 Å². The summed E-state index contributed by atoms with van der Waals surface area (Å²) in [4.78, 5) is 0. The SMILES string of the molecule is C[C@@H]1Cc2ccc(CO[Si](C)(C)C(C)(C)C)c(CO)c2[C@H](C)C1. The number of fused-ring (bicyclic) bond motifs is 1. The van der Waals surface area contributed by atoms with Crippen LogP contribution in [0.15, 0.2) is 12.1 Å². The molecule has 1 aromatic rings. The first-order valence-corrected chi connectivity index (χ1v) is 11.9. The first-order valence-electron chi connectivity index (χ1n) is 8.95. The highest BCUT2D eigenvalue weighted by molar-refractivity contribution is 6.74. The van der Waals surface area contributed by atoms with E-state index in [4.69, 9.17) is 4.43 Å². The van der Waals surface area contributed by atoms with Crippen molar-refractivity contribution in [3.8, 4) is 0 Å². The molecule has 1 N–H and O–H groups in total. The summed E-state index contributed by atoms with van der Waals surface area (Å²) in [5.41, 5.74) is 5.12. The van der Waals surface area contributed by atoms with Gasteiger partial charge in [0, 0.05) is 0 Å². The molecule has 0 spiro atoms. The molecule has 0 aliphatic heterocycles. The summed E-state index contributed by atoms with van der Waals surface area (Å²) in [5.74, 6) is 1.27. The Morgan fingerprint density at radius 3 is 2.43 bits per heavy atom. The van der Waals surface area contributed by atoms with Gasteiger partial charge in [-0.3, -0.25) is 0 Å². The van der Waals surface area contributed by atoms with Crippen LogP contribution in [0.3, 0.4) is 0 Å². The fourth-order valence-corrected chi connectivity index (χ4v) is 4.48. The van der Waals surface area contributed by atoms with E-state index in [1.54, 1.807) is 0 Å². The minimum atomic E-state index is -1.77. The monoisotopic (exact) mass is 334 g/mol. The van der Waals surface area contributed by atoms with E-state index < -0.39 is 8.32 Å². The quantitative estimate of drug-likeness (QED) is 0.748. The first kappa shape index (κ1) is 18.7. The Morgan fingerprint density at radius 1 is 1.22 bits per heavy atom. The van der Waals surface area contributed by atoms with E-state index in [2.05, 4.69) is 59.8 Å². The van der Waals surface area contributed by atoms with Crippen molar-refractivity contribution >= 4 is 8.32 Å². The van der Waals surface area contributed by atoms with Crippen LogP contribution in [0.1, 0.15) is 69.2 Å². The molecule has 130 valence electrons. The lowest BCUT2D eigenvalue weighted by Crippen LogP contribution is -2.40. The molecule has 1 aliphatic carbocycles. The van der Waals surface area contributed by atoms with Crippen molar-refractivity contribution in [2.75, 3.05) is 0 Å². The van der Waals surface area contributed by atoms with E-state index in [1.165, 1.54) is 23.1 Å². The van der Waals surface area contributed by atoms with Crippen LogP contribution in [0.4, 0.5) is 0 Å². The van der Waals surface area contributed by atoms with Crippen LogP contribution >= 0.6 is 0 Å². The predicted molar refractivity (Wildman–Crippen MR) is 100 cm³/mol. The Hall–Kier alpha value is -0.643. The molecule has 0 bridgehead atoms. The maximum atomic E-state index is 10.0. The normalized spacial score (nSPS) is 22.1. The number of benzene rings is 1. The zero-order chi connectivity index (χ0) is 17.4. The molecule has 2 atom stereocenters. The largest absolute Gasteiger partial charge is 0.413 e. The molecular formula is C20H34O2Si. The summed E-state index contributed by atoms with van der Waals surface area (Å²) in [7, 11) is -1.77. The molecule has 2 nitrogen and oxygen atoms in total. The minimum absolute atomic E-state index is 0.123. The molecule has 23 heavy (non-hydrogen) atoms. The number of hydrogen-bond acceptors (Lipinski definition) is 2. The molecule has 0 radical (unpaired) electrons. The Labute approximate surface area is 143 Å². The summed E-state index contributed by atoms with van der Waals surface area (Å²) in [6, 6.07) is 4.45. The Morgan fingerprint density at radius 2 is 1.87 bits per heavy atom. The average molecular weight is 335 g/mol. The van der Waals surface area contributed by atoms with E-state index in [0.717, 1.165) is 17.9 Å². The van der Waals surface area contributed by atoms with Gasteiger partial charge >= 0.3 is 0 Å². The first-order chi connectivity index (χ1) is 10.6. The van der Waals surface area contributed by atoms with Crippen molar-refractivity contribution in [1.29, 1.82) is 0 Å². The summed E-state index contributed by atoms with van der Waals surface area (Å²) in [5, 5.41) is 10.2. The third kappa shape index (κ3) is 3.89. The summed E-state index contributed by atoms with van der Waals surface area (Å²) < 4.78 is 6.40. The van der Waals surface area contributed by atoms with Gasteiger partial charge in [-0.25, -0.2) is 0 Å². The number of hydrogen-bond donors (Lipinski definition) is 1. The van der Waals surface area contributed by atoms with E-state index >= 15 is 0 Å². The molecule has 0 fully saturated rings. The van der Waals surface area contributed by atoms with Gasteiger partial charge in [-0.1, -0.05) is 46.8 Å². The molecule has 2 rings (SSSR count). The molecule has 0 saturated heterocycles. The van der Waals surface area contributed by atoms with Gasteiger partial charge in [0.2, 0.25) is 0 Å². The fourth-order valence-electron chi connectivity index (χ4n) is 3.53. The average Bonchev–Trinajstić information content (AvgIpc) is 2.43. The van der Waals surface area contributed by atoms with Gasteiger partial charge in [0.05, 0.1) is 13.2 Å². The molecule has 0 heterocycles. The summed E-state index contributed by atoms with van der Waals surface area (Å²) in [6.07, 6.45) is 2.35. The molecule has 1 aliphatic rings. The third-order valence-electron chi connectivity index (χ3n) is 5.91. The zero-order valence-electron chi connectivity index (χ0n) is 16.0. The van der Waals surface area contributed by atoms with E-state index in [-0.39, 0.29) is 11.6 Å². The highest BCUT2D eigenvalue weighted by Gasteiger charge is 2.37. The molecular weight excluding hydrogens is 300 g/mol. The topological polar surface area (TPSA) is 29.5 Å². The second-order valence-electron chi connectivity index (χ2n) is 8.93. The molecule has 0 aromatic heterocycles. The number of rotatable bonds is 4. The lowest BCUT2D eigenvalue weighted by atomic mass is 9.75. The van der Waals surface area contributed by atoms with Gasteiger partial charge in [-0.2, -0.15) is 0 Å². The minimum Gasteiger partial charge on any atom is -0.413 e. The Kier molecular flexibility index (Phi) is 5.44. The Bertz CT molecular complexity index is 557. The van der Waals surface area contributed by atoms with Crippen LogP contribution in [0.5, 0.6) is 0 Å². The lowest BCUT2D eigenvalue weighted by molar-refractivity contribution is 0.256. The molecule has 1 aromatic carbocycles. The molecule has 0 saturated carbocycles. The van der Waals surface area contributed by atoms with Crippen LogP contribution in [0.2, 0.25) is 18.1 Å². The van der Waals surface area contributed by atoms with E-state index in [1.807, 2.05) is 0 Å². The van der Waals surface area contributed by atoms with Gasteiger partial charge in [-0.05, 0) is 65.1 Å². The number of aliphatic hydroxyl groups is 1. The van der Waals surface area contributed by atoms with E-state index in [9.17, 15) is 5.11 Å². The van der Waals surface area contributed by atoms with Crippen molar-refractivity contribution in [3.63, 3.8) is 0 Å². The maximum Gasteiger partial charge on any atom is 0.192 e. The van der Waals surface area contributed by atoms with Crippen LogP contribution in [0.25, 0.3) is 0 Å². The summed E-state index contributed by atoms with van der Waals surface area (Å²) >= 11 is 0. The molecule has 3 heteroatoms. The van der Waals surface area contributed by atoms with Crippen molar-refractivity contribution in [2.45, 2.75) is 84.7 Å². The standard InChI is InChI=1S/C20H34O2Si/c1-14-10-15(2)19-16(11-14)8-9-17(18(19)12-21)13-22-23(6,7)20(3,4)5/h8-9,14-15,21H,10-13H2,1-7H3/t14-,15+/m0/s1. The predicted octanol–water partition coefficient (Wildman–Crippen LogP) is 5.39. The van der Waals surface area contributed by atoms with Crippen molar-refractivity contribution < 1.29 is 9.53 Å². The van der Waals surface area contributed by atoms with Gasteiger partial charge in [-0.15, -0.1) is 0 Å². The van der Waals surface area contributed by atoms with Crippen LogP contribution in [-0.2, 0) is 24.1 Å². The van der Waals surface area contributed by atoms with Gasteiger partial charge in [0.1, 0.15) is 0 Å². The third-order valence-corrected chi connectivity index (χ3v) is 10.4. The highest BCUT2D eigenvalue weighted by Crippen LogP contribution is 2.40. The highest BCUT2D eigenvalue weighted by atomic mass is 28.4. The van der Waals surface area contributed by atoms with Crippen LogP contribution in [0, 0.1) is 5.92 Å². The Balaban J connectivity index is 2.29. The van der Waals surface area contributed by atoms with Gasteiger partial charge < -0.3 is 9.53 Å².